The van der Waals surface area contributed by atoms with E-state index in [0.29, 0.717) is 0 Å². The molecule has 0 aromatic heterocycles. The number of ether oxygens (including phenoxy) is 1. The Morgan fingerprint density at radius 1 is 1.00 bits per heavy atom. The van der Waals surface area contributed by atoms with Crippen LogP contribution in [-0.4, -0.2) is 42.7 Å². The summed E-state index contributed by atoms with van der Waals surface area (Å²) in [5.74, 6) is -1.50. The first kappa shape index (κ1) is 22.2. The molecule has 6 nitrogen and oxygen atoms in total. The molecule has 0 fully saturated rings. The lowest BCUT2D eigenvalue weighted by Crippen LogP contribution is -2.41. The fourth-order valence-electron chi connectivity index (χ4n) is 2.15. The molecule has 0 heterocycles. The molecule has 0 aliphatic heterocycles. The molecule has 0 radical (unpaired) electrons. The minimum absolute atomic E-state index is 0.134. The van der Waals surface area contributed by atoms with Crippen molar-refractivity contribution in [2.24, 2.45) is 0 Å². The van der Waals surface area contributed by atoms with Crippen molar-refractivity contribution in [3.05, 3.63) is 65.5 Å². The fourth-order valence-corrected chi connectivity index (χ4v) is 2.15. The highest BCUT2D eigenvalue weighted by Gasteiger charge is 2.30. The number of alkyl halides is 3. The molecule has 0 aliphatic carbocycles. The Bertz CT molecular complexity index is 824. The van der Waals surface area contributed by atoms with E-state index in [1.54, 1.807) is 0 Å². The molecule has 0 spiro atoms. The van der Waals surface area contributed by atoms with Gasteiger partial charge in [0.2, 0.25) is 5.91 Å². The maximum absolute atomic E-state index is 12.8. The Morgan fingerprint density at radius 2 is 1.62 bits per heavy atom. The van der Waals surface area contributed by atoms with Crippen LogP contribution in [0.2, 0.25) is 0 Å². The Kier molecular flexibility index (Phi) is 7.54. The standard InChI is InChI=1S/C19H18F4N2O4/c20-14-5-1-12(2-6-14)18(28)25-10-17(27)24-9-15(26)11-29-16-7-3-13(4-8-16)19(21,22)23/h1-8,15,26H,9-11H2,(H,24,27)(H,25,28). The predicted molar refractivity (Wildman–Crippen MR) is 94.7 cm³/mol. The maximum Gasteiger partial charge on any atom is 0.416 e. The monoisotopic (exact) mass is 414 g/mol. The van der Waals surface area contributed by atoms with E-state index in [1.165, 1.54) is 12.1 Å². The summed E-state index contributed by atoms with van der Waals surface area (Å²) in [5, 5.41) is 14.5. The fraction of sp³-hybridized carbons (Fsp3) is 0.263. The van der Waals surface area contributed by atoms with Crippen LogP contribution >= 0.6 is 0 Å². The van der Waals surface area contributed by atoms with E-state index in [1.807, 2.05) is 0 Å². The second-order valence-corrected chi connectivity index (χ2v) is 5.98. The van der Waals surface area contributed by atoms with Gasteiger partial charge in [-0.3, -0.25) is 9.59 Å². The molecule has 2 aromatic rings. The number of benzene rings is 2. The van der Waals surface area contributed by atoms with Crippen molar-refractivity contribution in [3.63, 3.8) is 0 Å². The second kappa shape index (κ2) is 9.87. The zero-order chi connectivity index (χ0) is 21.4. The normalized spacial score (nSPS) is 12.2. The third-order valence-electron chi connectivity index (χ3n) is 3.67. The number of nitrogens with one attached hydrogen (secondary N) is 2. The highest BCUT2D eigenvalue weighted by molar-refractivity contribution is 5.96. The van der Waals surface area contributed by atoms with Crippen LogP contribution in [0.15, 0.2) is 48.5 Å². The summed E-state index contributed by atoms with van der Waals surface area (Å²) in [4.78, 5) is 23.5. The number of rotatable bonds is 8. The van der Waals surface area contributed by atoms with E-state index < -0.39 is 35.5 Å². The van der Waals surface area contributed by atoms with Crippen molar-refractivity contribution >= 4 is 11.8 Å². The van der Waals surface area contributed by atoms with Gasteiger partial charge in [0.05, 0.1) is 12.1 Å². The van der Waals surface area contributed by atoms with Crippen LogP contribution < -0.4 is 15.4 Å². The van der Waals surface area contributed by atoms with Gasteiger partial charge in [-0.1, -0.05) is 0 Å². The number of aliphatic hydroxyl groups is 1. The number of hydrogen-bond donors (Lipinski definition) is 3. The molecule has 0 aliphatic rings. The van der Waals surface area contributed by atoms with Crippen LogP contribution in [0.3, 0.4) is 0 Å². The highest BCUT2D eigenvalue weighted by Crippen LogP contribution is 2.30. The lowest BCUT2D eigenvalue weighted by atomic mass is 10.2. The summed E-state index contributed by atoms with van der Waals surface area (Å²) in [6.07, 6.45) is -5.57. The molecule has 0 saturated carbocycles. The molecule has 2 aromatic carbocycles. The molecular formula is C19H18F4N2O4. The summed E-state index contributed by atoms with van der Waals surface area (Å²) in [6.45, 7) is -0.803. The zero-order valence-corrected chi connectivity index (χ0v) is 15.0. The van der Waals surface area contributed by atoms with Crippen molar-refractivity contribution in [2.45, 2.75) is 12.3 Å². The number of aliphatic hydroxyl groups excluding tert-OH is 1. The molecule has 10 heteroatoms. The van der Waals surface area contributed by atoms with Crippen LogP contribution in [0.1, 0.15) is 15.9 Å². The Labute approximate surface area is 163 Å². The summed E-state index contributed by atoms with van der Waals surface area (Å²) in [6, 6.07) is 8.72. The molecule has 29 heavy (non-hydrogen) atoms. The molecule has 1 unspecified atom stereocenters. The molecule has 156 valence electrons. The summed E-state index contributed by atoms with van der Waals surface area (Å²) in [7, 11) is 0. The first-order valence-electron chi connectivity index (χ1n) is 8.44. The Balaban J connectivity index is 1.67. The van der Waals surface area contributed by atoms with Crippen LogP contribution in [0, 0.1) is 5.82 Å². The van der Waals surface area contributed by atoms with Crippen LogP contribution in [-0.2, 0) is 11.0 Å². The largest absolute Gasteiger partial charge is 0.491 e. The average molecular weight is 414 g/mol. The lowest BCUT2D eigenvalue weighted by Gasteiger charge is -2.14. The third-order valence-corrected chi connectivity index (χ3v) is 3.67. The van der Waals surface area contributed by atoms with Crippen molar-refractivity contribution < 1.29 is 37.0 Å². The molecular weight excluding hydrogens is 396 g/mol. The predicted octanol–water partition coefficient (Wildman–Crippen LogP) is 2.13. The zero-order valence-electron chi connectivity index (χ0n) is 15.0. The van der Waals surface area contributed by atoms with Crippen molar-refractivity contribution in [3.8, 4) is 5.75 Å². The molecule has 2 rings (SSSR count). The molecule has 3 N–H and O–H groups in total. The van der Waals surface area contributed by atoms with Gasteiger partial charge in [0.25, 0.3) is 5.91 Å². The van der Waals surface area contributed by atoms with Crippen LogP contribution in [0.4, 0.5) is 17.6 Å². The van der Waals surface area contributed by atoms with Gasteiger partial charge in [-0.05, 0) is 48.5 Å². The molecule has 1 atom stereocenters. The second-order valence-electron chi connectivity index (χ2n) is 5.98. The smallest absolute Gasteiger partial charge is 0.416 e. The van der Waals surface area contributed by atoms with Gasteiger partial charge < -0.3 is 20.5 Å². The van der Waals surface area contributed by atoms with Gasteiger partial charge in [0, 0.05) is 12.1 Å². The van der Waals surface area contributed by atoms with Gasteiger partial charge in [-0.15, -0.1) is 0 Å². The number of carbonyl (C=O) groups is 2. The number of hydrogen-bond acceptors (Lipinski definition) is 4. The van der Waals surface area contributed by atoms with Gasteiger partial charge in [0.1, 0.15) is 24.3 Å². The first-order valence-corrected chi connectivity index (χ1v) is 8.44. The molecule has 0 bridgehead atoms. The minimum Gasteiger partial charge on any atom is -0.491 e. The number of carbonyl (C=O) groups excluding carboxylic acids is 2. The third kappa shape index (κ3) is 7.41. The van der Waals surface area contributed by atoms with Gasteiger partial charge in [0.15, 0.2) is 0 Å². The van der Waals surface area contributed by atoms with Gasteiger partial charge in [-0.2, -0.15) is 13.2 Å². The van der Waals surface area contributed by atoms with E-state index in [9.17, 15) is 32.3 Å². The van der Waals surface area contributed by atoms with E-state index >= 15 is 0 Å². The van der Waals surface area contributed by atoms with Gasteiger partial charge >= 0.3 is 6.18 Å². The van der Waals surface area contributed by atoms with Crippen LogP contribution in [0.5, 0.6) is 5.75 Å². The van der Waals surface area contributed by atoms with Crippen molar-refractivity contribution in [2.75, 3.05) is 19.7 Å². The number of amides is 2. The van der Waals surface area contributed by atoms with Crippen molar-refractivity contribution in [1.82, 2.24) is 10.6 Å². The topological polar surface area (TPSA) is 87.7 Å². The maximum atomic E-state index is 12.8. The van der Waals surface area contributed by atoms with Crippen molar-refractivity contribution in [1.29, 1.82) is 0 Å². The average Bonchev–Trinajstić information content (AvgIpc) is 2.69. The summed E-state index contributed by atoms with van der Waals surface area (Å²) in [5.41, 5.74) is -0.635. The lowest BCUT2D eigenvalue weighted by molar-refractivity contribution is -0.137. The molecule has 2 amide bonds. The quantitative estimate of drug-likeness (QED) is 0.578. The summed E-state index contributed by atoms with van der Waals surface area (Å²) >= 11 is 0. The first-order chi connectivity index (χ1) is 13.6. The summed E-state index contributed by atoms with van der Waals surface area (Å²) < 4.78 is 55.4. The SMILES string of the molecule is O=C(CNC(=O)c1ccc(F)cc1)NCC(O)COc1ccc(C(F)(F)F)cc1. The Morgan fingerprint density at radius 3 is 2.21 bits per heavy atom. The van der Waals surface area contributed by atoms with E-state index in [0.717, 1.165) is 36.4 Å². The minimum atomic E-state index is -4.45. The molecule has 0 saturated heterocycles. The Hall–Kier alpha value is -3.14. The van der Waals surface area contributed by atoms with E-state index in [4.69, 9.17) is 4.74 Å². The number of halogens is 4. The van der Waals surface area contributed by atoms with Gasteiger partial charge in [-0.25, -0.2) is 4.39 Å². The van der Waals surface area contributed by atoms with Crippen LogP contribution in [0.25, 0.3) is 0 Å². The van der Waals surface area contributed by atoms with E-state index in [-0.39, 0.29) is 31.0 Å². The van der Waals surface area contributed by atoms with E-state index in [2.05, 4.69) is 10.6 Å². The highest BCUT2D eigenvalue weighted by atomic mass is 19.4.